The average molecular weight is 314 g/mol. The first kappa shape index (κ1) is 15.0. The highest BCUT2D eigenvalue weighted by Gasteiger charge is 2.40. The molecule has 0 saturated carbocycles. The van der Waals surface area contributed by atoms with Gasteiger partial charge in [0.1, 0.15) is 5.76 Å². The maximum Gasteiger partial charge on any atom is 0.276 e. The van der Waals surface area contributed by atoms with Crippen molar-refractivity contribution in [1.29, 1.82) is 0 Å². The first-order valence-corrected chi connectivity index (χ1v) is 8.98. The van der Waals surface area contributed by atoms with Gasteiger partial charge >= 0.3 is 0 Å². The van der Waals surface area contributed by atoms with Crippen LogP contribution in [0.4, 0.5) is 0 Å². The topological polar surface area (TPSA) is 71.8 Å². The maximum absolute atomic E-state index is 12.6. The van der Waals surface area contributed by atoms with Crippen molar-refractivity contribution in [2.24, 2.45) is 0 Å². The zero-order chi connectivity index (χ0) is 14.9. The van der Waals surface area contributed by atoms with E-state index < -0.39 is 10.0 Å². The molecule has 2 saturated heterocycles. The summed E-state index contributed by atoms with van der Waals surface area (Å²) in [6.45, 7) is 4.39. The molecule has 0 radical (unpaired) electrons. The van der Waals surface area contributed by atoms with Crippen LogP contribution in [0.1, 0.15) is 31.9 Å². The highest BCUT2D eigenvalue weighted by molar-refractivity contribution is 7.89. The highest BCUT2D eigenvalue weighted by Crippen LogP contribution is 2.30. The van der Waals surface area contributed by atoms with Gasteiger partial charge in [-0.2, -0.15) is 4.31 Å². The lowest BCUT2D eigenvalue weighted by Crippen LogP contribution is -2.45. The molecule has 1 aromatic rings. The molecule has 1 aromatic heterocycles. The fourth-order valence-corrected chi connectivity index (χ4v) is 4.31. The lowest BCUT2D eigenvalue weighted by Gasteiger charge is -2.30. The summed E-state index contributed by atoms with van der Waals surface area (Å²) in [6.07, 6.45) is 3.00. The molecule has 2 unspecified atom stereocenters. The van der Waals surface area contributed by atoms with Crippen molar-refractivity contribution in [3.8, 4) is 0 Å². The van der Waals surface area contributed by atoms with Gasteiger partial charge in [-0.15, -0.1) is 0 Å². The van der Waals surface area contributed by atoms with E-state index in [4.69, 9.17) is 9.15 Å². The van der Waals surface area contributed by atoms with Gasteiger partial charge in [0, 0.05) is 13.1 Å². The molecular weight excluding hydrogens is 292 g/mol. The number of nitrogens with one attached hydrogen (secondary N) is 1. The second-order valence-corrected chi connectivity index (χ2v) is 7.55. The molecule has 0 amide bonds. The van der Waals surface area contributed by atoms with Crippen LogP contribution in [0, 0.1) is 0 Å². The van der Waals surface area contributed by atoms with Gasteiger partial charge in [0.2, 0.25) is 5.09 Å². The van der Waals surface area contributed by atoms with Gasteiger partial charge in [-0.05, 0) is 37.9 Å². The lowest BCUT2D eigenvalue weighted by molar-refractivity contribution is -0.0118. The van der Waals surface area contributed by atoms with Gasteiger partial charge < -0.3 is 14.5 Å². The van der Waals surface area contributed by atoms with E-state index in [0.717, 1.165) is 25.8 Å². The van der Waals surface area contributed by atoms with E-state index in [9.17, 15) is 8.42 Å². The Kier molecular flexibility index (Phi) is 4.35. The molecule has 0 aromatic carbocycles. The molecule has 6 nitrogen and oxygen atoms in total. The van der Waals surface area contributed by atoms with Crippen LogP contribution in [0.3, 0.4) is 0 Å². The van der Waals surface area contributed by atoms with Gasteiger partial charge in [-0.25, -0.2) is 8.42 Å². The quantitative estimate of drug-likeness (QED) is 0.802. The largest absolute Gasteiger partial charge is 0.447 e. The summed E-state index contributed by atoms with van der Waals surface area (Å²) < 4.78 is 37.9. The molecule has 21 heavy (non-hydrogen) atoms. The van der Waals surface area contributed by atoms with Crippen LogP contribution in [0.2, 0.25) is 0 Å². The molecule has 2 aliphatic heterocycles. The molecule has 1 N–H and O–H groups in total. The number of rotatable bonds is 6. The SMILES string of the molecule is CCCNCc1ccc(S(=O)(=O)N2CC3CCC(C2)O3)o1. The van der Waals surface area contributed by atoms with Gasteiger partial charge in [0.05, 0.1) is 18.8 Å². The summed E-state index contributed by atoms with van der Waals surface area (Å²) in [7, 11) is -3.54. The summed E-state index contributed by atoms with van der Waals surface area (Å²) in [6, 6.07) is 3.28. The third-order valence-corrected chi connectivity index (χ3v) is 5.67. The normalized spacial score (nSPS) is 26.3. The van der Waals surface area contributed by atoms with E-state index in [1.165, 1.54) is 4.31 Å². The van der Waals surface area contributed by atoms with E-state index in [2.05, 4.69) is 12.2 Å². The minimum absolute atomic E-state index is 0.0390. The third kappa shape index (κ3) is 3.15. The molecule has 2 atom stereocenters. The number of hydrogen-bond acceptors (Lipinski definition) is 5. The van der Waals surface area contributed by atoms with Crippen molar-refractivity contribution >= 4 is 10.0 Å². The third-order valence-electron chi connectivity index (χ3n) is 3.97. The van der Waals surface area contributed by atoms with Crippen LogP contribution in [0.15, 0.2) is 21.6 Å². The second kappa shape index (κ2) is 6.08. The predicted molar refractivity (Wildman–Crippen MR) is 77.4 cm³/mol. The number of furan rings is 1. The number of fused-ring (bicyclic) bond motifs is 2. The van der Waals surface area contributed by atoms with Gasteiger partial charge in [0.15, 0.2) is 0 Å². The lowest BCUT2D eigenvalue weighted by atomic mass is 10.2. The van der Waals surface area contributed by atoms with Crippen LogP contribution >= 0.6 is 0 Å². The van der Waals surface area contributed by atoms with Crippen LogP contribution in [0.25, 0.3) is 0 Å². The van der Waals surface area contributed by atoms with Gasteiger partial charge in [0.25, 0.3) is 10.0 Å². The summed E-state index contributed by atoms with van der Waals surface area (Å²) in [5.74, 6) is 0.651. The fourth-order valence-electron chi connectivity index (χ4n) is 2.88. The van der Waals surface area contributed by atoms with Crippen LogP contribution in [-0.2, 0) is 21.3 Å². The number of nitrogens with zero attached hydrogens (tertiary/aromatic N) is 1. The van der Waals surface area contributed by atoms with Crippen LogP contribution < -0.4 is 5.32 Å². The Labute approximate surface area is 125 Å². The Balaban J connectivity index is 1.70. The summed E-state index contributed by atoms with van der Waals surface area (Å²) in [5, 5.41) is 3.24. The van der Waals surface area contributed by atoms with Crippen molar-refractivity contribution in [3.63, 3.8) is 0 Å². The molecule has 0 spiro atoms. The Morgan fingerprint density at radius 3 is 2.67 bits per heavy atom. The Morgan fingerprint density at radius 1 is 1.29 bits per heavy atom. The Morgan fingerprint density at radius 2 is 2.00 bits per heavy atom. The summed E-state index contributed by atoms with van der Waals surface area (Å²) in [5.41, 5.74) is 0. The average Bonchev–Trinajstić information content (AvgIpc) is 3.06. The van der Waals surface area contributed by atoms with Gasteiger partial charge in [-0.3, -0.25) is 0 Å². The number of morpholine rings is 1. The molecule has 118 valence electrons. The smallest absolute Gasteiger partial charge is 0.276 e. The first-order valence-electron chi connectivity index (χ1n) is 7.54. The maximum atomic E-state index is 12.6. The van der Waals surface area contributed by atoms with Crippen LogP contribution in [0.5, 0.6) is 0 Å². The number of sulfonamides is 1. The summed E-state index contributed by atoms with van der Waals surface area (Å²) >= 11 is 0. The zero-order valence-electron chi connectivity index (χ0n) is 12.2. The Hall–Kier alpha value is -0.890. The molecule has 2 fully saturated rings. The van der Waals surface area contributed by atoms with E-state index in [1.807, 2.05) is 0 Å². The minimum atomic E-state index is -3.54. The van der Waals surface area contributed by atoms with Crippen LogP contribution in [-0.4, -0.2) is 44.6 Å². The number of ether oxygens (including phenoxy) is 1. The van der Waals surface area contributed by atoms with E-state index in [-0.39, 0.29) is 17.3 Å². The highest BCUT2D eigenvalue weighted by atomic mass is 32.2. The molecule has 3 heterocycles. The molecule has 0 aliphatic carbocycles. The second-order valence-electron chi connectivity index (χ2n) is 5.68. The van der Waals surface area contributed by atoms with E-state index >= 15 is 0 Å². The van der Waals surface area contributed by atoms with E-state index in [1.54, 1.807) is 12.1 Å². The Bertz CT molecular complexity index is 572. The van der Waals surface area contributed by atoms with E-state index in [0.29, 0.717) is 25.4 Å². The molecular formula is C14H22N2O4S. The number of hydrogen-bond donors (Lipinski definition) is 1. The predicted octanol–water partition coefficient (Wildman–Crippen LogP) is 1.33. The van der Waals surface area contributed by atoms with Crippen molar-refractivity contribution in [2.75, 3.05) is 19.6 Å². The van der Waals surface area contributed by atoms with Crippen molar-refractivity contribution in [1.82, 2.24) is 9.62 Å². The van der Waals surface area contributed by atoms with Gasteiger partial charge in [-0.1, -0.05) is 6.92 Å². The summed E-state index contributed by atoms with van der Waals surface area (Å²) in [4.78, 5) is 0. The fraction of sp³-hybridized carbons (Fsp3) is 0.714. The zero-order valence-corrected chi connectivity index (χ0v) is 13.1. The molecule has 2 aliphatic rings. The molecule has 3 rings (SSSR count). The van der Waals surface area contributed by atoms with Crippen molar-refractivity contribution in [2.45, 2.75) is 50.0 Å². The monoisotopic (exact) mass is 314 g/mol. The van der Waals surface area contributed by atoms with Crippen molar-refractivity contribution < 1.29 is 17.6 Å². The standard InChI is InChI=1S/C14H22N2O4S/c1-2-7-15-8-11-5-6-14(20-11)21(17,18)16-9-12-3-4-13(10-16)19-12/h5-6,12-13,15H,2-4,7-10H2,1H3. The molecule has 7 heteroatoms. The first-order chi connectivity index (χ1) is 10.1. The van der Waals surface area contributed by atoms with Crippen molar-refractivity contribution in [3.05, 3.63) is 17.9 Å². The minimum Gasteiger partial charge on any atom is -0.447 e. The molecule has 2 bridgehead atoms.